The predicted octanol–water partition coefficient (Wildman–Crippen LogP) is 1.44. The van der Waals surface area contributed by atoms with Gasteiger partial charge in [0.25, 0.3) is 5.91 Å². The van der Waals surface area contributed by atoms with E-state index in [2.05, 4.69) is 22.5 Å². The molecule has 1 aromatic heterocycles. The Bertz CT molecular complexity index is 408. The van der Waals surface area contributed by atoms with Gasteiger partial charge in [-0.1, -0.05) is 0 Å². The number of hydrogen-bond acceptors (Lipinski definition) is 3. The van der Waals surface area contributed by atoms with Crippen LogP contribution in [0.15, 0.2) is 6.33 Å². The van der Waals surface area contributed by atoms with E-state index >= 15 is 0 Å². The summed E-state index contributed by atoms with van der Waals surface area (Å²) in [6.07, 6.45) is 3.61. The van der Waals surface area contributed by atoms with Gasteiger partial charge in [0.1, 0.15) is 5.69 Å². The molecule has 0 aliphatic carbocycles. The maximum Gasteiger partial charge on any atom is 0.270 e. The van der Waals surface area contributed by atoms with Crippen molar-refractivity contribution in [3.05, 3.63) is 17.7 Å². The number of carbonyl (C=O) groups is 1. The first-order valence-corrected chi connectivity index (χ1v) is 6.03. The van der Waals surface area contributed by atoms with Crippen LogP contribution in [0.4, 0.5) is 0 Å². The molecule has 1 amide bonds. The number of hydrogen-bond donors (Lipinski definition) is 2. The molecule has 0 aromatic carbocycles. The van der Waals surface area contributed by atoms with E-state index in [4.69, 9.17) is 0 Å². The Labute approximate surface area is 126 Å². The van der Waals surface area contributed by atoms with Gasteiger partial charge in [0.15, 0.2) is 0 Å². The number of piperidine rings is 1. The lowest BCUT2D eigenvalue weighted by Crippen LogP contribution is -2.52. The number of amides is 1. The monoisotopic (exact) mass is 308 g/mol. The van der Waals surface area contributed by atoms with Crippen molar-refractivity contribution in [2.75, 3.05) is 13.1 Å². The molecule has 0 saturated carbocycles. The number of carbonyl (C=O) groups excluding carboxylic acids is 1. The fraction of sp³-hybridized carbons (Fsp3) is 0.667. The second-order valence-electron chi connectivity index (χ2n) is 5.05. The van der Waals surface area contributed by atoms with Crippen molar-refractivity contribution in [2.45, 2.75) is 32.2 Å². The maximum absolute atomic E-state index is 12.2. The summed E-state index contributed by atoms with van der Waals surface area (Å²) in [6, 6.07) is 0. The highest BCUT2D eigenvalue weighted by Crippen LogP contribution is 2.18. The number of halogens is 2. The Hall–Kier alpha value is -0.780. The quantitative estimate of drug-likeness (QED) is 0.869. The summed E-state index contributed by atoms with van der Waals surface area (Å²) in [4.78, 5) is 16.4. The van der Waals surface area contributed by atoms with E-state index in [9.17, 15) is 4.79 Å². The molecule has 2 rings (SSSR count). The zero-order valence-electron chi connectivity index (χ0n) is 11.5. The summed E-state index contributed by atoms with van der Waals surface area (Å²) in [5.74, 6) is -0.0214. The molecule has 2 N–H and O–H groups in total. The van der Waals surface area contributed by atoms with E-state index in [-0.39, 0.29) is 36.3 Å². The van der Waals surface area contributed by atoms with Crippen molar-refractivity contribution < 1.29 is 4.79 Å². The Balaban J connectivity index is 0.00000162. The number of nitrogens with zero attached hydrogens (tertiary/aromatic N) is 2. The van der Waals surface area contributed by atoms with Gasteiger partial charge >= 0.3 is 0 Å². The van der Waals surface area contributed by atoms with E-state index in [0.29, 0.717) is 5.69 Å². The average molecular weight is 309 g/mol. The van der Waals surface area contributed by atoms with Gasteiger partial charge in [-0.2, -0.15) is 0 Å². The van der Waals surface area contributed by atoms with E-state index in [1.165, 1.54) is 0 Å². The molecule has 2 heterocycles. The topological polar surface area (TPSA) is 59.0 Å². The van der Waals surface area contributed by atoms with Crippen LogP contribution in [-0.2, 0) is 7.05 Å². The van der Waals surface area contributed by atoms with E-state index in [0.717, 1.165) is 31.6 Å². The van der Waals surface area contributed by atoms with Crippen LogP contribution in [0.25, 0.3) is 0 Å². The van der Waals surface area contributed by atoms with Crippen molar-refractivity contribution >= 4 is 30.7 Å². The molecule has 0 spiro atoms. The third-order valence-electron chi connectivity index (χ3n) is 3.46. The van der Waals surface area contributed by atoms with Crippen LogP contribution in [0.1, 0.15) is 35.9 Å². The number of imidazole rings is 1. The minimum Gasteiger partial charge on any atom is -0.345 e. The fourth-order valence-corrected chi connectivity index (χ4v) is 2.31. The van der Waals surface area contributed by atoms with Crippen LogP contribution < -0.4 is 10.6 Å². The Morgan fingerprint density at radius 3 is 2.47 bits per heavy atom. The molecule has 1 aliphatic rings. The fourth-order valence-electron chi connectivity index (χ4n) is 2.31. The van der Waals surface area contributed by atoms with E-state index in [1.54, 1.807) is 10.9 Å². The summed E-state index contributed by atoms with van der Waals surface area (Å²) >= 11 is 0. The zero-order chi connectivity index (χ0) is 12.5. The van der Waals surface area contributed by atoms with E-state index in [1.807, 2.05) is 14.0 Å². The van der Waals surface area contributed by atoms with Crippen molar-refractivity contribution in [3.8, 4) is 0 Å². The first kappa shape index (κ1) is 18.2. The third kappa shape index (κ3) is 4.09. The van der Waals surface area contributed by atoms with Gasteiger partial charge in [-0.05, 0) is 39.8 Å². The van der Waals surface area contributed by atoms with Crippen molar-refractivity contribution in [3.63, 3.8) is 0 Å². The molecule has 1 fully saturated rings. The van der Waals surface area contributed by atoms with Gasteiger partial charge in [-0.15, -0.1) is 24.8 Å². The highest BCUT2D eigenvalue weighted by atomic mass is 35.5. The molecule has 5 nitrogen and oxygen atoms in total. The Morgan fingerprint density at radius 2 is 2.00 bits per heavy atom. The first-order valence-electron chi connectivity index (χ1n) is 6.03. The van der Waals surface area contributed by atoms with Crippen molar-refractivity contribution in [1.29, 1.82) is 0 Å². The molecule has 19 heavy (non-hydrogen) atoms. The standard InChI is InChI=1S/C12H20N4O.2ClH/c1-9-10(16(3)8-14-9)11(17)15-12(2)4-6-13-7-5-12;;/h8,13H,4-7H2,1-3H3,(H,15,17);2*1H. The highest BCUT2D eigenvalue weighted by molar-refractivity contribution is 5.94. The predicted molar refractivity (Wildman–Crippen MR) is 80.4 cm³/mol. The normalized spacial score (nSPS) is 17.0. The lowest BCUT2D eigenvalue weighted by atomic mass is 9.90. The highest BCUT2D eigenvalue weighted by Gasteiger charge is 2.29. The molecular formula is C12H22Cl2N4O. The number of aryl methyl sites for hydroxylation is 2. The van der Waals surface area contributed by atoms with Crippen LogP contribution >= 0.6 is 24.8 Å². The lowest BCUT2D eigenvalue weighted by molar-refractivity contribution is 0.0878. The van der Waals surface area contributed by atoms with Gasteiger partial charge in [0.2, 0.25) is 0 Å². The summed E-state index contributed by atoms with van der Waals surface area (Å²) in [5.41, 5.74) is 1.34. The first-order chi connectivity index (χ1) is 8.02. The minimum atomic E-state index is -0.0982. The van der Waals surface area contributed by atoms with Gasteiger partial charge in [0.05, 0.1) is 12.0 Å². The Morgan fingerprint density at radius 1 is 1.42 bits per heavy atom. The lowest BCUT2D eigenvalue weighted by Gasteiger charge is -2.35. The maximum atomic E-state index is 12.2. The van der Waals surface area contributed by atoms with Crippen molar-refractivity contribution in [2.24, 2.45) is 7.05 Å². The third-order valence-corrected chi connectivity index (χ3v) is 3.46. The van der Waals surface area contributed by atoms with Gasteiger partial charge in [-0.3, -0.25) is 4.79 Å². The largest absolute Gasteiger partial charge is 0.345 e. The number of aromatic nitrogens is 2. The molecule has 1 saturated heterocycles. The van der Waals surface area contributed by atoms with Crippen LogP contribution in [-0.4, -0.2) is 34.1 Å². The SMILES string of the molecule is Cc1ncn(C)c1C(=O)NC1(C)CCNCC1.Cl.Cl. The molecule has 0 bridgehead atoms. The van der Waals surface area contributed by atoms with Crippen LogP contribution in [0.5, 0.6) is 0 Å². The Kier molecular flexibility index (Phi) is 6.83. The van der Waals surface area contributed by atoms with Crippen LogP contribution in [0.3, 0.4) is 0 Å². The summed E-state index contributed by atoms with van der Waals surface area (Å²) in [6.45, 7) is 5.89. The van der Waals surface area contributed by atoms with Crippen LogP contribution in [0.2, 0.25) is 0 Å². The molecule has 7 heteroatoms. The zero-order valence-corrected chi connectivity index (χ0v) is 13.2. The van der Waals surface area contributed by atoms with Gasteiger partial charge in [-0.25, -0.2) is 4.98 Å². The summed E-state index contributed by atoms with van der Waals surface area (Å²) in [7, 11) is 1.85. The number of rotatable bonds is 2. The molecule has 1 aliphatic heterocycles. The van der Waals surface area contributed by atoms with Crippen LogP contribution in [0, 0.1) is 6.92 Å². The summed E-state index contributed by atoms with van der Waals surface area (Å²) in [5, 5.41) is 6.44. The van der Waals surface area contributed by atoms with E-state index < -0.39 is 0 Å². The number of nitrogens with one attached hydrogen (secondary N) is 2. The van der Waals surface area contributed by atoms with Gasteiger partial charge < -0.3 is 15.2 Å². The van der Waals surface area contributed by atoms with Gasteiger partial charge in [0, 0.05) is 12.6 Å². The molecule has 110 valence electrons. The molecular weight excluding hydrogens is 287 g/mol. The van der Waals surface area contributed by atoms with Crippen molar-refractivity contribution in [1.82, 2.24) is 20.2 Å². The molecule has 0 radical (unpaired) electrons. The molecule has 0 atom stereocenters. The molecule has 1 aromatic rings. The minimum absolute atomic E-state index is 0. The average Bonchev–Trinajstić information content (AvgIpc) is 2.58. The smallest absolute Gasteiger partial charge is 0.270 e. The summed E-state index contributed by atoms with van der Waals surface area (Å²) < 4.78 is 1.77. The molecule has 0 unspecified atom stereocenters. The second-order valence-corrected chi connectivity index (χ2v) is 5.05. The second kappa shape index (κ2) is 7.12.